The van der Waals surface area contributed by atoms with Gasteiger partial charge in [0.25, 0.3) is 0 Å². The molecule has 1 atom stereocenters. The first-order valence-electron chi connectivity index (χ1n) is 6.52. The lowest BCUT2D eigenvalue weighted by Crippen LogP contribution is -2.05. The highest BCUT2D eigenvalue weighted by atomic mass is 16.5. The molecule has 2 heterocycles. The zero-order valence-electron chi connectivity index (χ0n) is 11.2. The van der Waals surface area contributed by atoms with Crippen LogP contribution in [0.5, 0.6) is 11.5 Å². The minimum Gasteiger partial charge on any atom is -0.490 e. The second kappa shape index (κ2) is 5.05. The van der Waals surface area contributed by atoms with Crippen molar-refractivity contribution in [3.8, 4) is 11.5 Å². The van der Waals surface area contributed by atoms with Gasteiger partial charge in [0.05, 0.1) is 19.4 Å². The van der Waals surface area contributed by atoms with E-state index in [0.717, 1.165) is 6.42 Å². The number of hydrogen-bond donors (Lipinski definition) is 2. The highest BCUT2D eigenvalue weighted by Gasteiger charge is 2.19. The second-order valence-corrected chi connectivity index (χ2v) is 4.77. The molecular weight excluding hydrogens is 258 g/mol. The number of aromatic nitrogens is 2. The summed E-state index contributed by atoms with van der Waals surface area (Å²) in [7, 11) is 1.74. The van der Waals surface area contributed by atoms with Crippen molar-refractivity contribution in [2.24, 2.45) is 7.05 Å². The van der Waals surface area contributed by atoms with E-state index in [0.29, 0.717) is 41.7 Å². The van der Waals surface area contributed by atoms with Crippen molar-refractivity contribution in [2.45, 2.75) is 12.5 Å². The fourth-order valence-corrected chi connectivity index (χ4v) is 2.20. The van der Waals surface area contributed by atoms with Gasteiger partial charge < -0.3 is 20.3 Å². The summed E-state index contributed by atoms with van der Waals surface area (Å²) in [6, 6.07) is 5.41. The van der Waals surface area contributed by atoms with Crippen LogP contribution in [0.4, 0.5) is 5.82 Å². The van der Waals surface area contributed by atoms with Crippen LogP contribution < -0.4 is 15.2 Å². The molecule has 2 aromatic rings. The van der Waals surface area contributed by atoms with Gasteiger partial charge in [-0.3, -0.25) is 4.68 Å². The summed E-state index contributed by atoms with van der Waals surface area (Å²) in [5, 5.41) is 14.5. The summed E-state index contributed by atoms with van der Waals surface area (Å²) in [4.78, 5) is 0. The van der Waals surface area contributed by atoms with Gasteiger partial charge in [-0.25, -0.2) is 0 Å². The quantitative estimate of drug-likeness (QED) is 0.861. The van der Waals surface area contributed by atoms with Crippen molar-refractivity contribution < 1.29 is 14.6 Å². The summed E-state index contributed by atoms with van der Waals surface area (Å²) >= 11 is 0. The van der Waals surface area contributed by atoms with Crippen molar-refractivity contribution in [2.75, 3.05) is 18.9 Å². The number of nitrogens with two attached hydrogens (primary N) is 1. The Labute approximate surface area is 116 Å². The van der Waals surface area contributed by atoms with Crippen LogP contribution in [0, 0.1) is 0 Å². The predicted molar refractivity (Wildman–Crippen MR) is 73.7 cm³/mol. The maximum Gasteiger partial charge on any atom is 0.161 e. The number of nitrogens with zero attached hydrogens (tertiary/aromatic N) is 2. The Morgan fingerprint density at radius 3 is 2.75 bits per heavy atom. The topological polar surface area (TPSA) is 82.5 Å². The molecule has 0 bridgehead atoms. The van der Waals surface area contributed by atoms with Crippen LogP contribution in [0.3, 0.4) is 0 Å². The Kier molecular flexibility index (Phi) is 3.23. The molecule has 6 nitrogen and oxygen atoms in total. The van der Waals surface area contributed by atoms with E-state index in [1.54, 1.807) is 19.3 Å². The lowest BCUT2D eigenvalue weighted by molar-refractivity contribution is 0.220. The third kappa shape index (κ3) is 2.18. The standard InChI is InChI=1S/C14H17N3O3/c1-17-14(15)10(8-16-17)13(18)9-3-4-11-12(7-9)20-6-2-5-19-11/h3-4,7-8,13,18H,2,5-6,15H2,1H3. The molecule has 0 spiro atoms. The molecule has 1 aromatic heterocycles. The Balaban J connectivity index is 1.94. The smallest absolute Gasteiger partial charge is 0.161 e. The van der Waals surface area contributed by atoms with Gasteiger partial charge >= 0.3 is 0 Å². The lowest BCUT2D eigenvalue weighted by atomic mass is 10.0. The minimum atomic E-state index is -0.833. The summed E-state index contributed by atoms with van der Waals surface area (Å²) in [5.74, 6) is 1.81. The Morgan fingerprint density at radius 2 is 2.05 bits per heavy atom. The number of nitrogen functional groups attached to an aromatic ring is 1. The molecule has 3 rings (SSSR count). The molecule has 0 amide bonds. The Bertz CT molecular complexity index is 624. The maximum absolute atomic E-state index is 10.4. The number of anilines is 1. The normalized spacial score (nSPS) is 15.7. The zero-order chi connectivity index (χ0) is 14.1. The molecule has 1 aliphatic heterocycles. The molecule has 1 aromatic carbocycles. The SMILES string of the molecule is Cn1ncc(C(O)c2ccc3c(c2)OCCCO3)c1N. The molecule has 0 saturated carbocycles. The van der Waals surface area contributed by atoms with E-state index < -0.39 is 6.10 Å². The van der Waals surface area contributed by atoms with Crippen molar-refractivity contribution in [1.29, 1.82) is 0 Å². The zero-order valence-corrected chi connectivity index (χ0v) is 11.2. The van der Waals surface area contributed by atoms with Gasteiger partial charge in [-0.2, -0.15) is 5.10 Å². The monoisotopic (exact) mass is 275 g/mol. The van der Waals surface area contributed by atoms with Crippen LogP contribution >= 0.6 is 0 Å². The number of aliphatic hydroxyl groups excluding tert-OH is 1. The van der Waals surface area contributed by atoms with Crippen molar-refractivity contribution in [3.05, 3.63) is 35.5 Å². The fourth-order valence-electron chi connectivity index (χ4n) is 2.20. The molecule has 0 fully saturated rings. The molecule has 6 heteroatoms. The van der Waals surface area contributed by atoms with Gasteiger partial charge in [-0.05, 0) is 17.7 Å². The van der Waals surface area contributed by atoms with Gasteiger partial charge in [0.15, 0.2) is 11.5 Å². The predicted octanol–water partition coefficient (Wildman–Crippen LogP) is 1.25. The third-order valence-electron chi connectivity index (χ3n) is 3.40. The first kappa shape index (κ1) is 12.8. The van der Waals surface area contributed by atoms with Crippen LogP contribution in [0.1, 0.15) is 23.7 Å². The van der Waals surface area contributed by atoms with E-state index in [1.165, 1.54) is 4.68 Å². The van der Waals surface area contributed by atoms with E-state index >= 15 is 0 Å². The number of fused-ring (bicyclic) bond motifs is 1. The molecule has 20 heavy (non-hydrogen) atoms. The van der Waals surface area contributed by atoms with E-state index in [2.05, 4.69) is 5.10 Å². The average Bonchev–Trinajstić information content (AvgIpc) is 2.68. The number of aliphatic hydroxyl groups is 1. The van der Waals surface area contributed by atoms with Gasteiger partial charge in [0, 0.05) is 19.0 Å². The molecule has 3 N–H and O–H groups in total. The molecule has 106 valence electrons. The van der Waals surface area contributed by atoms with E-state index in [1.807, 2.05) is 12.1 Å². The number of rotatable bonds is 2. The number of hydrogen-bond acceptors (Lipinski definition) is 5. The number of benzene rings is 1. The van der Waals surface area contributed by atoms with Crippen molar-refractivity contribution >= 4 is 5.82 Å². The Hall–Kier alpha value is -2.21. The van der Waals surface area contributed by atoms with Crippen LogP contribution in [0.15, 0.2) is 24.4 Å². The second-order valence-electron chi connectivity index (χ2n) is 4.77. The van der Waals surface area contributed by atoms with Gasteiger partial charge in [-0.15, -0.1) is 0 Å². The van der Waals surface area contributed by atoms with E-state index in [9.17, 15) is 5.11 Å². The first-order chi connectivity index (χ1) is 9.66. The number of aryl methyl sites for hydroxylation is 1. The van der Waals surface area contributed by atoms with Gasteiger partial charge in [0.1, 0.15) is 11.9 Å². The molecule has 1 aliphatic rings. The summed E-state index contributed by atoms with van der Waals surface area (Å²) in [6.45, 7) is 1.26. The van der Waals surface area contributed by atoms with Crippen LogP contribution in [-0.4, -0.2) is 28.1 Å². The molecular formula is C14H17N3O3. The van der Waals surface area contributed by atoms with Crippen LogP contribution in [0.25, 0.3) is 0 Å². The van der Waals surface area contributed by atoms with E-state index in [-0.39, 0.29) is 0 Å². The molecule has 0 radical (unpaired) electrons. The molecule has 0 aliphatic carbocycles. The van der Waals surface area contributed by atoms with Gasteiger partial charge in [0.2, 0.25) is 0 Å². The highest BCUT2D eigenvalue weighted by Crippen LogP contribution is 2.34. The Morgan fingerprint density at radius 1 is 1.30 bits per heavy atom. The largest absolute Gasteiger partial charge is 0.490 e. The highest BCUT2D eigenvalue weighted by molar-refractivity contribution is 5.49. The number of ether oxygens (including phenoxy) is 2. The van der Waals surface area contributed by atoms with Crippen LogP contribution in [-0.2, 0) is 7.05 Å². The minimum absolute atomic E-state index is 0.449. The van der Waals surface area contributed by atoms with Crippen LogP contribution in [0.2, 0.25) is 0 Å². The third-order valence-corrected chi connectivity index (χ3v) is 3.40. The van der Waals surface area contributed by atoms with E-state index in [4.69, 9.17) is 15.2 Å². The summed E-state index contributed by atoms with van der Waals surface area (Å²) in [5.41, 5.74) is 7.18. The maximum atomic E-state index is 10.4. The average molecular weight is 275 g/mol. The lowest BCUT2D eigenvalue weighted by Gasteiger charge is -2.13. The molecule has 1 unspecified atom stereocenters. The first-order valence-corrected chi connectivity index (χ1v) is 6.52. The van der Waals surface area contributed by atoms with Gasteiger partial charge in [-0.1, -0.05) is 6.07 Å². The summed E-state index contributed by atoms with van der Waals surface area (Å²) in [6.07, 6.45) is 1.59. The molecule has 0 saturated heterocycles. The van der Waals surface area contributed by atoms with Crippen molar-refractivity contribution in [1.82, 2.24) is 9.78 Å². The summed E-state index contributed by atoms with van der Waals surface area (Å²) < 4.78 is 12.7. The fraction of sp³-hybridized carbons (Fsp3) is 0.357. The van der Waals surface area contributed by atoms with Crippen molar-refractivity contribution in [3.63, 3.8) is 0 Å².